The Hall–Kier alpha value is -0.770. The maximum Gasteiger partial charge on any atom is 0.124 e. The summed E-state index contributed by atoms with van der Waals surface area (Å²) in [6, 6.07) is 5.50. The van der Waals surface area contributed by atoms with Crippen molar-refractivity contribution in [3.63, 3.8) is 0 Å². The molecule has 0 atom stereocenters. The predicted molar refractivity (Wildman–Crippen MR) is 70.6 cm³/mol. The standard InChI is InChI=1S/C13H20ClNO2/c1-4-15-8-10-7-11(14)5-6-12(10)17-9-13(2,3)16/h5-7,15-16H,4,8-9H2,1-3H3. The second kappa shape index (κ2) is 6.24. The average Bonchev–Trinajstić information content (AvgIpc) is 2.23. The molecular formula is C13H20ClNO2. The van der Waals surface area contributed by atoms with E-state index >= 15 is 0 Å². The lowest BCUT2D eigenvalue weighted by Gasteiger charge is -2.19. The zero-order valence-electron chi connectivity index (χ0n) is 10.6. The second-order valence-electron chi connectivity index (χ2n) is 4.63. The molecule has 3 nitrogen and oxygen atoms in total. The number of hydrogen-bond acceptors (Lipinski definition) is 3. The summed E-state index contributed by atoms with van der Waals surface area (Å²) in [4.78, 5) is 0. The van der Waals surface area contributed by atoms with Gasteiger partial charge in [-0.2, -0.15) is 0 Å². The van der Waals surface area contributed by atoms with E-state index in [1.807, 2.05) is 19.1 Å². The maximum atomic E-state index is 9.63. The van der Waals surface area contributed by atoms with E-state index in [0.29, 0.717) is 11.6 Å². The van der Waals surface area contributed by atoms with Crippen LogP contribution in [-0.2, 0) is 6.54 Å². The molecule has 0 saturated carbocycles. The molecule has 0 spiro atoms. The predicted octanol–water partition coefficient (Wildman–Crippen LogP) is 2.60. The maximum absolute atomic E-state index is 9.63. The second-order valence-corrected chi connectivity index (χ2v) is 5.07. The summed E-state index contributed by atoms with van der Waals surface area (Å²) in [6.07, 6.45) is 0. The van der Waals surface area contributed by atoms with Crippen molar-refractivity contribution in [3.8, 4) is 5.75 Å². The fourth-order valence-electron chi connectivity index (χ4n) is 1.34. The van der Waals surface area contributed by atoms with Gasteiger partial charge >= 0.3 is 0 Å². The first kappa shape index (κ1) is 14.3. The third-order valence-corrected chi connectivity index (χ3v) is 2.40. The first-order valence-corrected chi connectivity index (χ1v) is 6.14. The summed E-state index contributed by atoms with van der Waals surface area (Å²) < 4.78 is 5.60. The zero-order valence-corrected chi connectivity index (χ0v) is 11.3. The van der Waals surface area contributed by atoms with Crippen LogP contribution < -0.4 is 10.1 Å². The summed E-state index contributed by atoms with van der Waals surface area (Å²) in [6.45, 7) is 7.32. The Kier molecular flexibility index (Phi) is 5.25. The molecule has 17 heavy (non-hydrogen) atoms. The van der Waals surface area contributed by atoms with Crippen LogP contribution >= 0.6 is 11.6 Å². The number of rotatable bonds is 6. The van der Waals surface area contributed by atoms with E-state index in [9.17, 15) is 5.11 Å². The molecule has 0 aromatic heterocycles. The molecule has 2 N–H and O–H groups in total. The Balaban J connectivity index is 2.75. The molecule has 1 rings (SSSR count). The normalized spacial score (nSPS) is 11.6. The summed E-state index contributed by atoms with van der Waals surface area (Å²) in [5, 5.41) is 13.6. The largest absolute Gasteiger partial charge is 0.490 e. The van der Waals surface area contributed by atoms with Gasteiger partial charge in [-0.15, -0.1) is 0 Å². The molecule has 1 aromatic rings. The van der Waals surface area contributed by atoms with Gasteiger partial charge in [0.2, 0.25) is 0 Å². The van der Waals surface area contributed by atoms with Crippen LogP contribution in [0.1, 0.15) is 26.3 Å². The van der Waals surface area contributed by atoms with E-state index in [4.69, 9.17) is 16.3 Å². The molecule has 0 unspecified atom stereocenters. The minimum atomic E-state index is -0.838. The van der Waals surface area contributed by atoms with Crippen LogP contribution in [0, 0.1) is 0 Å². The van der Waals surface area contributed by atoms with Gasteiger partial charge in [-0.25, -0.2) is 0 Å². The third-order valence-electron chi connectivity index (χ3n) is 2.17. The van der Waals surface area contributed by atoms with Crippen LogP contribution in [0.25, 0.3) is 0 Å². The molecule has 0 fully saturated rings. The number of hydrogen-bond donors (Lipinski definition) is 2. The van der Waals surface area contributed by atoms with Gasteiger partial charge in [-0.3, -0.25) is 0 Å². The van der Waals surface area contributed by atoms with Gasteiger partial charge in [0.15, 0.2) is 0 Å². The first-order chi connectivity index (χ1) is 7.92. The lowest BCUT2D eigenvalue weighted by Crippen LogP contribution is -2.28. The van der Waals surface area contributed by atoms with E-state index < -0.39 is 5.60 Å². The van der Waals surface area contributed by atoms with Gasteiger partial charge in [0.1, 0.15) is 12.4 Å². The average molecular weight is 258 g/mol. The molecule has 0 saturated heterocycles. The molecular weight excluding hydrogens is 238 g/mol. The van der Waals surface area contributed by atoms with Gasteiger partial charge in [0, 0.05) is 17.1 Å². The van der Waals surface area contributed by atoms with Crippen molar-refractivity contribution in [3.05, 3.63) is 28.8 Å². The van der Waals surface area contributed by atoms with Crippen molar-refractivity contribution in [1.82, 2.24) is 5.32 Å². The minimum Gasteiger partial charge on any atom is -0.490 e. The number of halogens is 1. The molecule has 0 amide bonds. The molecule has 0 heterocycles. The zero-order chi connectivity index (χ0) is 12.9. The Labute approximate surface area is 108 Å². The topological polar surface area (TPSA) is 41.5 Å². The van der Waals surface area contributed by atoms with Crippen molar-refractivity contribution >= 4 is 11.6 Å². The van der Waals surface area contributed by atoms with Crippen LogP contribution in [-0.4, -0.2) is 23.9 Å². The monoisotopic (exact) mass is 257 g/mol. The summed E-state index contributed by atoms with van der Waals surface area (Å²) in [5.41, 5.74) is 0.165. The van der Waals surface area contributed by atoms with Crippen molar-refractivity contribution in [2.45, 2.75) is 32.9 Å². The molecule has 0 aliphatic carbocycles. The van der Waals surface area contributed by atoms with Crippen LogP contribution in [0.2, 0.25) is 5.02 Å². The van der Waals surface area contributed by atoms with E-state index in [2.05, 4.69) is 5.32 Å². The van der Waals surface area contributed by atoms with Crippen LogP contribution in [0.3, 0.4) is 0 Å². The number of aliphatic hydroxyl groups is 1. The highest BCUT2D eigenvalue weighted by Crippen LogP contribution is 2.23. The molecule has 96 valence electrons. The first-order valence-electron chi connectivity index (χ1n) is 5.76. The Morgan fingerprint density at radius 2 is 2.12 bits per heavy atom. The fraction of sp³-hybridized carbons (Fsp3) is 0.538. The van der Waals surface area contributed by atoms with Gasteiger partial charge in [-0.05, 0) is 38.6 Å². The minimum absolute atomic E-state index is 0.258. The summed E-state index contributed by atoms with van der Waals surface area (Å²) in [5.74, 6) is 0.762. The summed E-state index contributed by atoms with van der Waals surface area (Å²) >= 11 is 5.95. The van der Waals surface area contributed by atoms with Crippen molar-refractivity contribution in [1.29, 1.82) is 0 Å². The van der Waals surface area contributed by atoms with E-state index in [1.54, 1.807) is 19.9 Å². The SMILES string of the molecule is CCNCc1cc(Cl)ccc1OCC(C)(C)O. The van der Waals surface area contributed by atoms with Gasteiger partial charge in [-0.1, -0.05) is 18.5 Å². The molecule has 0 bridgehead atoms. The van der Waals surface area contributed by atoms with Crippen LogP contribution in [0.5, 0.6) is 5.75 Å². The molecule has 1 aromatic carbocycles. The molecule has 0 aliphatic rings. The molecule has 4 heteroatoms. The Morgan fingerprint density at radius 1 is 1.41 bits per heavy atom. The Bertz CT molecular complexity index is 361. The highest BCUT2D eigenvalue weighted by molar-refractivity contribution is 6.30. The van der Waals surface area contributed by atoms with Crippen molar-refractivity contribution < 1.29 is 9.84 Å². The van der Waals surface area contributed by atoms with E-state index in [1.165, 1.54) is 0 Å². The number of ether oxygens (including phenoxy) is 1. The number of benzene rings is 1. The van der Waals surface area contributed by atoms with Crippen LogP contribution in [0.15, 0.2) is 18.2 Å². The lowest BCUT2D eigenvalue weighted by molar-refractivity contribution is 0.0281. The quantitative estimate of drug-likeness (QED) is 0.823. The van der Waals surface area contributed by atoms with Crippen molar-refractivity contribution in [2.24, 2.45) is 0 Å². The molecule has 0 radical (unpaired) electrons. The third kappa shape index (κ3) is 5.39. The smallest absolute Gasteiger partial charge is 0.124 e. The van der Waals surface area contributed by atoms with Gasteiger partial charge < -0.3 is 15.2 Å². The Morgan fingerprint density at radius 3 is 2.71 bits per heavy atom. The molecule has 0 aliphatic heterocycles. The summed E-state index contributed by atoms with van der Waals surface area (Å²) in [7, 11) is 0. The van der Waals surface area contributed by atoms with E-state index in [0.717, 1.165) is 17.9 Å². The lowest BCUT2D eigenvalue weighted by atomic mass is 10.1. The van der Waals surface area contributed by atoms with Gasteiger partial charge in [0.25, 0.3) is 0 Å². The highest BCUT2D eigenvalue weighted by Gasteiger charge is 2.14. The highest BCUT2D eigenvalue weighted by atomic mass is 35.5. The van der Waals surface area contributed by atoms with Crippen LogP contribution in [0.4, 0.5) is 0 Å². The number of nitrogens with one attached hydrogen (secondary N) is 1. The van der Waals surface area contributed by atoms with Gasteiger partial charge in [0.05, 0.1) is 5.60 Å². The van der Waals surface area contributed by atoms with Crippen molar-refractivity contribution in [2.75, 3.05) is 13.2 Å². The van der Waals surface area contributed by atoms with E-state index in [-0.39, 0.29) is 6.61 Å². The fourth-order valence-corrected chi connectivity index (χ4v) is 1.54.